The molecular weight excluding hydrogens is 228 g/mol. The van der Waals surface area contributed by atoms with Crippen LogP contribution in [0.5, 0.6) is 0 Å². The SMILES string of the molecule is O=C(O)C(=O)CC(O)(C(=O)O)c1ccccc1. The fourth-order valence-electron chi connectivity index (χ4n) is 1.32. The number of hydrogen-bond acceptors (Lipinski definition) is 4. The second-order valence-corrected chi connectivity index (χ2v) is 3.44. The van der Waals surface area contributed by atoms with Crippen molar-refractivity contribution in [1.29, 1.82) is 0 Å². The molecule has 0 fully saturated rings. The molecule has 1 aromatic rings. The second kappa shape index (κ2) is 4.75. The Balaban J connectivity index is 3.11. The lowest BCUT2D eigenvalue weighted by atomic mass is 9.89. The Morgan fingerprint density at radius 2 is 1.59 bits per heavy atom. The van der Waals surface area contributed by atoms with Crippen molar-refractivity contribution in [2.45, 2.75) is 12.0 Å². The number of aliphatic carboxylic acids is 2. The predicted octanol–water partition coefficient (Wildman–Crippen LogP) is 0.00260. The Morgan fingerprint density at radius 1 is 1.06 bits per heavy atom. The molecule has 0 aromatic heterocycles. The van der Waals surface area contributed by atoms with E-state index in [4.69, 9.17) is 10.2 Å². The summed E-state index contributed by atoms with van der Waals surface area (Å²) in [7, 11) is 0. The molecule has 0 bridgehead atoms. The normalized spacial score (nSPS) is 13.7. The van der Waals surface area contributed by atoms with E-state index in [1.54, 1.807) is 6.07 Å². The van der Waals surface area contributed by atoms with Crippen molar-refractivity contribution in [1.82, 2.24) is 0 Å². The minimum atomic E-state index is -2.52. The van der Waals surface area contributed by atoms with Crippen LogP contribution in [0.25, 0.3) is 0 Å². The lowest BCUT2D eigenvalue weighted by Gasteiger charge is -2.22. The smallest absolute Gasteiger partial charge is 0.372 e. The van der Waals surface area contributed by atoms with Crippen LogP contribution in [0.3, 0.4) is 0 Å². The molecule has 1 aromatic carbocycles. The van der Waals surface area contributed by atoms with E-state index in [0.29, 0.717) is 0 Å². The quantitative estimate of drug-likeness (QED) is 0.622. The summed E-state index contributed by atoms with van der Waals surface area (Å²) >= 11 is 0. The zero-order chi connectivity index (χ0) is 13.1. The van der Waals surface area contributed by atoms with Gasteiger partial charge in [0, 0.05) is 0 Å². The monoisotopic (exact) mass is 238 g/mol. The van der Waals surface area contributed by atoms with Crippen LogP contribution in [-0.2, 0) is 20.0 Å². The van der Waals surface area contributed by atoms with Crippen LogP contribution in [0.1, 0.15) is 12.0 Å². The number of carboxylic acids is 2. The number of Topliss-reactive ketones (excluding diaryl/α,β-unsaturated/α-hetero) is 1. The summed E-state index contributed by atoms with van der Waals surface area (Å²) in [5, 5.41) is 27.2. The molecule has 0 heterocycles. The van der Waals surface area contributed by atoms with E-state index in [2.05, 4.69) is 0 Å². The van der Waals surface area contributed by atoms with Gasteiger partial charge in [-0.15, -0.1) is 0 Å². The Labute approximate surface area is 96.1 Å². The van der Waals surface area contributed by atoms with Gasteiger partial charge in [0.15, 0.2) is 5.60 Å². The van der Waals surface area contributed by atoms with Gasteiger partial charge in [-0.05, 0) is 5.56 Å². The van der Waals surface area contributed by atoms with Gasteiger partial charge in [0.05, 0.1) is 6.42 Å². The molecule has 6 heteroatoms. The summed E-state index contributed by atoms with van der Waals surface area (Å²) in [4.78, 5) is 32.4. The van der Waals surface area contributed by atoms with Crippen LogP contribution in [0.15, 0.2) is 30.3 Å². The van der Waals surface area contributed by atoms with Gasteiger partial charge in [0.2, 0.25) is 5.78 Å². The second-order valence-electron chi connectivity index (χ2n) is 3.44. The third kappa shape index (κ3) is 2.67. The maximum Gasteiger partial charge on any atom is 0.372 e. The van der Waals surface area contributed by atoms with E-state index in [1.165, 1.54) is 24.3 Å². The van der Waals surface area contributed by atoms with Gasteiger partial charge in [0.25, 0.3) is 0 Å². The minimum absolute atomic E-state index is 0.0397. The Morgan fingerprint density at radius 3 is 2.00 bits per heavy atom. The lowest BCUT2D eigenvalue weighted by Crippen LogP contribution is -2.39. The number of aliphatic hydroxyl groups is 1. The zero-order valence-electron chi connectivity index (χ0n) is 8.66. The first kappa shape index (κ1) is 12.9. The standard InChI is InChI=1S/C11H10O6/c12-8(9(13)14)6-11(17,10(15)16)7-4-2-1-3-5-7/h1-5,17H,6H2,(H,13,14)(H,15,16). The van der Waals surface area contributed by atoms with Gasteiger partial charge < -0.3 is 15.3 Å². The number of carbonyl (C=O) groups is 3. The maximum atomic E-state index is 11.0. The van der Waals surface area contributed by atoms with Crippen molar-refractivity contribution >= 4 is 17.7 Å². The summed E-state index contributed by atoms with van der Waals surface area (Å²) in [6, 6.07) is 7.18. The first-order valence-electron chi connectivity index (χ1n) is 4.65. The predicted molar refractivity (Wildman–Crippen MR) is 55.2 cm³/mol. The Hall–Kier alpha value is -2.21. The molecule has 6 nitrogen and oxygen atoms in total. The van der Waals surface area contributed by atoms with Crippen LogP contribution < -0.4 is 0 Å². The van der Waals surface area contributed by atoms with Crippen molar-refractivity contribution in [3.05, 3.63) is 35.9 Å². The van der Waals surface area contributed by atoms with Crippen LogP contribution >= 0.6 is 0 Å². The minimum Gasteiger partial charge on any atom is -0.479 e. The highest BCUT2D eigenvalue weighted by Crippen LogP contribution is 2.25. The topological polar surface area (TPSA) is 112 Å². The van der Waals surface area contributed by atoms with Gasteiger partial charge in [-0.1, -0.05) is 30.3 Å². The number of hydrogen-bond donors (Lipinski definition) is 3. The molecule has 0 amide bonds. The molecule has 0 spiro atoms. The number of rotatable bonds is 5. The van der Waals surface area contributed by atoms with E-state index >= 15 is 0 Å². The Kier molecular flexibility index (Phi) is 3.59. The number of carbonyl (C=O) groups excluding carboxylic acids is 1. The Bertz CT molecular complexity index is 452. The van der Waals surface area contributed by atoms with Crippen molar-refractivity contribution < 1.29 is 29.7 Å². The third-order valence-electron chi connectivity index (χ3n) is 2.26. The van der Waals surface area contributed by atoms with Crippen LogP contribution in [0.2, 0.25) is 0 Å². The average Bonchev–Trinajstić information content (AvgIpc) is 2.29. The number of benzene rings is 1. The van der Waals surface area contributed by atoms with Crippen molar-refractivity contribution in [2.24, 2.45) is 0 Å². The maximum absolute atomic E-state index is 11.0. The number of ketones is 1. The lowest BCUT2D eigenvalue weighted by molar-refractivity contribution is -0.165. The largest absolute Gasteiger partial charge is 0.479 e. The first-order chi connectivity index (χ1) is 7.88. The molecule has 1 atom stereocenters. The van der Waals surface area contributed by atoms with Gasteiger partial charge in [-0.2, -0.15) is 0 Å². The van der Waals surface area contributed by atoms with E-state index in [9.17, 15) is 19.5 Å². The summed E-state index contributed by atoms with van der Waals surface area (Å²) in [5.41, 5.74) is -2.56. The zero-order valence-corrected chi connectivity index (χ0v) is 8.66. The molecule has 0 aliphatic heterocycles. The highest BCUT2D eigenvalue weighted by molar-refractivity contribution is 6.33. The molecule has 0 saturated carbocycles. The van der Waals surface area contributed by atoms with Crippen molar-refractivity contribution in [2.75, 3.05) is 0 Å². The van der Waals surface area contributed by atoms with Crippen molar-refractivity contribution in [3.63, 3.8) is 0 Å². The summed E-state index contributed by atoms with van der Waals surface area (Å²) in [6.45, 7) is 0. The first-order valence-corrected chi connectivity index (χ1v) is 4.65. The van der Waals surface area contributed by atoms with Crippen LogP contribution in [-0.4, -0.2) is 33.0 Å². The van der Waals surface area contributed by atoms with E-state index in [-0.39, 0.29) is 5.56 Å². The molecule has 90 valence electrons. The molecule has 17 heavy (non-hydrogen) atoms. The molecule has 1 unspecified atom stereocenters. The molecule has 0 aliphatic rings. The molecular formula is C11H10O6. The van der Waals surface area contributed by atoms with Gasteiger partial charge >= 0.3 is 11.9 Å². The molecule has 0 saturated heterocycles. The fraction of sp³-hybridized carbons (Fsp3) is 0.182. The molecule has 0 aliphatic carbocycles. The highest BCUT2D eigenvalue weighted by atomic mass is 16.4. The van der Waals surface area contributed by atoms with Crippen LogP contribution in [0.4, 0.5) is 0 Å². The summed E-state index contributed by atoms with van der Waals surface area (Å²) in [5.74, 6) is -4.81. The third-order valence-corrected chi connectivity index (χ3v) is 2.26. The fourth-order valence-corrected chi connectivity index (χ4v) is 1.32. The number of carboxylic acid groups (broad SMARTS) is 2. The van der Waals surface area contributed by atoms with Gasteiger partial charge in [0.1, 0.15) is 0 Å². The van der Waals surface area contributed by atoms with Gasteiger partial charge in [-0.25, -0.2) is 9.59 Å². The van der Waals surface area contributed by atoms with Crippen molar-refractivity contribution in [3.8, 4) is 0 Å². The van der Waals surface area contributed by atoms with E-state index in [1.807, 2.05) is 0 Å². The average molecular weight is 238 g/mol. The summed E-state index contributed by atoms with van der Waals surface area (Å²) in [6.07, 6.45) is -1.01. The van der Waals surface area contributed by atoms with Crippen LogP contribution in [0, 0.1) is 0 Å². The summed E-state index contributed by atoms with van der Waals surface area (Å²) < 4.78 is 0. The van der Waals surface area contributed by atoms with E-state index in [0.717, 1.165) is 0 Å². The molecule has 3 N–H and O–H groups in total. The molecule has 0 radical (unpaired) electrons. The molecule has 1 rings (SSSR count). The van der Waals surface area contributed by atoms with E-state index < -0.39 is 29.7 Å². The highest BCUT2D eigenvalue weighted by Gasteiger charge is 2.41. The van der Waals surface area contributed by atoms with Gasteiger partial charge in [-0.3, -0.25) is 4.79 Å².